The Kier molecular flexibility index (Phi) is 4.24. The van der Waals surface area contributed by atoms with Crippen LogP contribution in [0.4, 0.5) is 4.79 Å². The van der Waals surface area contributed by atoms with Crippen LogP contribution in [0, 0.1) is 0 Å². The minimum Gasteiger partial charge on any atom is -0.446 e. The smallest absolute Gasteiger partial charge is 0.404 e. The van der Waals surface area contributed by atoms with Crippen LogP contribution in [0.2, 0.25) is 10.0 Å². The SMILES string of the molecule is C[C@@H](Cc1c(Cl)cccc1Cl)OC(N)=O. The fourth-order valence-corrected chi connectivity index (χ4v) is 1.81. The van der Waals surface area contributed by atoms with E-state index < -0.39 is 6.09 Å². The summed E-state index contributed by atoms with van der Waals surface area (Å²) >= 11 is 11.9. The molecule has 0 unspecified atom stereocenters. The van der Waals surface area contributed by atoms with Crippen molar-refractivity contribution < 1.29 is 9.53 Å². The molecule has 0 heterocycles. The molecule has 0 aliphatic rings. The molecule has 0 aromatic heterocycles. The molecular formula is C10H11Cl2NO2. The standard InChI is InChI=1S/C10H11Cl2NO2/c1-6(15-10(13)14)5-7-8(11)3-2-4-9(7)12/h2-4,6H,5H2,1H3,(H2,13,14)/t6-/m0/s1. The second kappa shape index (κ2) is 5.24. The Morgan fingerprint density at radius 3 is 2.47 bits per heavy atom. The maximum absolute atomic E-state index is 10.5. The van der Waals surface area contributed by atoms with E-state index in [2.05, 4.69) is 0 Å². The maximum Gasteiger partial charge on any atom is 0.404 e. The molecule has 0 aliphatic carbocycles. The Morgan fingerprint density at radius 2 is 2.00 bits per heavy atom. The topological polar surface area (TPSA) is 52.3 Å². The number of primary amides is 1. The van der Waals surface area contributed by atoms with Gasteiger partial charge in [-0.15, -0.1) is 0 Å². The van der Waals surface area contributed by atoms with Gasteiger partial charge in [-0.2, -0.15) is 0 Å². The van der Waals surface area contributed by atoms with Crippen LogP contribution in [-0.2, 0) is 11.2 Å². The summed E-state index contributed by atoms with van der Waals surface area (Å²) in [6.07, 6.45) is -0.702. The highest BCUT2D eigenvalue weighted by molar-refractivity contribution is 6.35. The fourth-order valence-electron chi connectivity index (χ4n) is 1.25. The summed E-state index contributed by atoms with van der Waals surface area (Å²) in [6, 6.07) is 5.23. The number of hydrogen-bond donors (Lipinski definition) is 1. The van der Waals surface area contributed by atoms with Gasteiger partial charge >= 0.3 is 6.09 Å². The van der Waals surface area contributed by atoms with Crippen molar-refractivity contribution in [2.24, 2.45) is 5.73 Å². The number of halogens is 2. The number of amides is 1. The van der Waals surface area contributed by atoms with Gasteiger partial charge in [0.1, 0.15) is 6.10 Å². The number of carbonyl (C=O) groups is 1. The molecular weight excluding hydrogens is 237 g/mol. The summed E-state index contributed by atoms with van der Waals surface area (Å²) in [4.78, 5) is 10.5. The second-order valence-corrected chi connectivity index (χ2v) is 3.97. The van der Waals surface area contributed by atoms with E-state index >= 15 is 0 Å². The maximum atomic E-state index is 10.5. The minimum atomic E-state index is -0.800. The Labute approximate surface area is 98.1 Å². The summed E-state index contributed by atoms with van der Waals surface area (Å²) in [6.45, 7) is 1.73. The van der Waals surface area contributed by atoms with Gasteiger partial charge in [0.25, 0.3) is 0 Å². The third-order valence-corrected chi connectivity index (χ3v) is 2.58. The molecule has 0 radical (unpaired) electrons. The summed E-state index contributed by atoms with van der Waals surface area (Å²) < 4.78 is 4.79. The van der Waals surface area contributed by atoms with Gasteiger partial charge in [0.15, 0.2) is 0 Å². The van der Waals surface area contributed by atoms with Gasteiger partial charge < -0.3 is 10.5 Å². The van der Waals surface area contributed by atoms with Crippen LogP contribution in [-0.4, -0.2) is 12.2 Å². The van der Waals surface area contributed by atoms with Crippen molar-refractivity contribution in [3.05, 3.63) is 33.8 Å². The molecule has 82 valence electrons. The third kappa shape index (κ3) is 3.61. The molecule has 5 heteroatoms. The lowest BCUT2D eigenvalue weighted by molar-refractivity contribution is 0.116. The molecule has 1 atom stereocenters. The van der Waals surface area contributed by atoms with E-state index in [1.54, 1.807) is 25.1 Å². The molecule has 15 heavy (non-hydrogen) atoms. The zero-order chi connectivity index (χ0) is 11.4. The van der Waals surface area contributed by atoms with E-state index in [0.717, 1.165) is 5.56 Å². The van der Waals surface area contributed by atoms with E-state index in [9.17, 15) is 4.79 Å². The first-order valence-electron chi connectivity index (χ1n) is 4.39. The number of rotatable bonds is 3. The third-order valence-electron chi connectivity index (χ3n) is 1.87. The van der Waals surface area contributed by atoms with Crippen molar-refractivity contribution in [2.75, 3.05) is 0 Å². The van der Waals surface area contributed by atoms with Crippen molar-refractivity contribution in [1.82, 2.24) is 0 Å². The van der Waals surface area contributed by atoms with Crippen LogP contribution in [0.3, 0.4) is 0 Å². The molecule has 0 saturated heterocycles. The van der Waals surface area contributed by atoms with Gasteiger partial charge in [0, 0.05) is 16.5 Å². The van der Waals surface area contributed by atoms with Crippen molar-refractivity contribution >= 4 is 29.3 Å². The first-order chi connectivity index (χ1) is 7.00. The summed E-state index contributed by atoms with van der Waals surface area (Å²) in [5.41, 5.74) is 5.65. The van der Waals surface area contributed by atoms with Gasteiger partial charge in [-0.25, -0.2) is 4.79 Å². The van der Waals surface area contributed by atoms with Crippen molar-refractivity contribution in [3.8, 4) is 0 Å². The number of hydrogen-bond acceptors (Lipinski definition) is 2. The lowest BCUT2D eigenvalue weighted by atomic mass is 10.1. The molecule has 2 N–H and O–H groups in total. The van der Waals surface area contributed by atoms with Crippen LogP contribution >= 0.6 is 23.2 Å². The highest BCUT2D eigenvalue weighted by Crippen LogP contribution is 2.25. The molecule has 0 saturated carbocycles. The number of carbonyl (C=O) groups excluding carboxylic acids is 1. The fraction of sp³-hybridized carbons (Fsp3) is 0.300. The summed E-state index contributed by atoms with van der Waals surface area (Å²) in [5, 5.41) is 1.12. The molecule has 1 amide bonds. The van der Waals surface area contributed by atoms with E-state index in [4.69, 9.17) is 33.7 Å². The lowest BCUT2D eigenvalue weighted by Crippen LogP contribution is -2.22. The highest BCUT2D eigenvalue weighted by atomic mass is 35.5. The number of nitrogens with two attached hydrogens (primary N) is 1. The van der Waals surface area contributed by atoms with Gasteiger partial charge in [-0.3, -0.25) is 0 Å². The van der Waals surface area contributed by atoms with Crippen molar-refractivity contribution in [3.63, 3.8) is 0 Å². The van der Waals surface area contributed by atoms with Crippen LogP contribution < -0.4 is 5.73 Å². The Bertz CT molecular complexity index is 348. The van der Waals surface area contributed by atoms with Gasteiger partial charge in [-0.05, 0) is 24.6 Å². The Hall–Kier alpha value is -0.930. The highest BCUT2D eigenvalue weighted by Gasteiger charge is 2.12. The zero-order valence-electron chi connectivity index (χ0n) is 8.17. The van der Waals surface area contributed by atoms with E-state index in [1.165, 1.54) is 0 Å². The average molecular weight is 248 g/mol. The molecule has 0 aliphatic heterocycles. The molecule has 1 aromatic rings. The van der Waals surface area contributed by atoms with Gasteiger partial charge in [0.2, 0.25) is 0 Å². The predicted octanol–water partition coefficient (Wildman–Crippen LogP) is 3.02. The van der Waals surface area contributed by atoms with Crippen LogP contribution in [0.25, 0.3) is 0 Å². The quantitative estimate of drug-likeness (QED) is 0.893. The largest absolute Gasteiger partial charge is 0.446 e. The van der Waals surface area contributed by atoms with E-state index in [1.807, 2.05) is 0 Å². The molecule has 0 bridgehead atoms. The van der Waals surface area contributed by atoms with Crippen molar-refractivity contribution in [2.45, 2.75) is 19.4 Å². The number of ether oxygens (including phenoxy) is 1. The van der Waals surface area contributed by atoms with E-state index in [0.29, 0.717) is 16.5 Å². The molecule has 3 nitrogen and oxygen atoms in total. The first-order valence-corrected chi connectivity index (χ1v) is 5.15. The van der Waals surface area contributed by atoms with Crippen LogP contribution in [0.15, 0.2) is 18.2 Å². The second-order valence-electron chi connectivity index (χ2n) is 3.15. The molecule has 0 fully saturated rings. The minimum absolute atomic E-state index is 0.347. The van der Waals surface area contributed by atoms with Gasteiger partial charge in [0.05, 0.1) is 0 Å². The normalized spacial score (nSPS) is 12.2. The average Bonchev–Trinajstić information content (AvgIpc) is 2.10. The number of benzene rings is 1. The Balaban J connectivity index is 2.76. The van der Waals surface area contributed by atoms with Crippen LogP contribution in [0.5, 0.6) is 0 Å². The Morgan fingerprint density at radius 1 is 1.47 bits per heavy atom. The lowest BCUT2D eigenvalue weighted by Gasteiger charge is -2.13. The van der Waals surface area contributed by atoms with Crippen LogP contribution in [0.1, 0.15) is 12.5 Å². The molecule has 0 spiro atoms. The zero-order valence-corrected chi connectivity index (χ0v) is 9.68. The molecule has 1 rings (SSSR count). The van der Waals surface area contributed by atoms with E-state index in [-0.39, 0.29) is 6.10 Å². The van der Waals surface area contributed by atoms with Crippen molar-refractivity contribution in [1.29, 1.82) is 0 Å². The molecule has 1 aromatic carbocycles. The monoisotopic (exact) mass is 247 g/mol. The summed E-state index contributed by atoms with van der Waals surface area (Å²) in [7, 11) is 0. The first kappa shape index (κ1) is 12.1. The van der Waals surface area contributed by atoms with Gasteiger partial charge in [-0.1, -0.05) is 29.3 Å². The summed E-state index contributed by atoms with van der Waals surface area (Å²) in [5.74, 6) is 0. The predicted molar refractivity (Wildman–Crippen MR) is 60.3 cm³/mol.